The predicted molar refractivity (Wildman–Crippen MR) is 87.6 cm³/mol. The third-order valence-corrected chi connectivity index (χ3v) is 3.64. The second-order valence-electron chi connectivity index (χ2n) is 5.18. The summed E-state index contributed by atoms with van der Waals surface area (Å²) in [7, 11) is 0. The molecule has 0 atom stereocenters. The number of nitrogens with one attached hydrogen (secondary N) is 1. The Morgan fingerprint density at radius 3 is 2.75 bits per heavy atom. The second-order valence-corrected chi connectivity index (χ2v) is 5.18. The number of hydrogen-bond acceptors (Lipinski definition) is 4. The molecule has 0 bridgehead atoms. The maximum absolute atomic E-state index is 12.7. The number of benzene rings is 1. The van der Waals surface area contributed by atoms with Gasteiger partial charge in [-0.05, 0) is 36.8 Å². The molecular weight excluding hydrogens is 310 g/mol. The van der Waals surface area contributed by atoms with E-state index in [-0.39, 0.29) is 17.0 Å². The van der Waals surface area contributed by atoms with Crippen molar-refractivity contribution in [2.24, 2.45) is 0 Å². The molecule has 24 heavy (non-hydrogen) atoms. The Balaban J connectivity index is 1.99. The zero-order valence-corrected chi connectivity index (χ0v) is 12.9. The van der Waals surface area contributed by atoms with Gasteiger partial charge in [-0.15, -0.1) is 0 Å². The minimum absolute atomic E-state index is 0.276. The molecule has 0 saturated carbocycles. The first kappa shape index (κ1) is 15.5. The second kappa shape index (κ2) is 6.04. The summed E-state index contributed by atoms with van der Waals surface area (Å²) in [5.74, 6) is -2.02. The number of hydrogen-bond donors (Lipinski definition) is 3. The van der Waals surface area contributed by atoms with E-state index in [0.717, 1.165) is 0 Å². The van der Waals surface area contributed by atoms with Gasteiger partial charge in [0.15, 0.2) is 0 Å². The fourth-order valence-electron chi connectivity index (χ4n) is 2.51. The molecule has 3 rings (SSSR count). The van der Waals surface area contributed by atoms with Crippen LogP contribution < -0.4 is 5.32 Å². The average Bonchev–Trinajstić information content (AvgIpc) is 2.95. The van der Waals surface area contributed by atoms with Gasteiger partial charge in [-0.25, -0.2) is 9.78 Å². The molecule has 0 spiro atoms. The summed E-state index contributed by atoms with van der Waals surface area (Å²) in [6.45, 7) is 1.90. The number of aromatic carboxylic acids is 1. The topological polar surface area (TPSA) is 104 Å². The van der Waals surface area contributed by atoms with Gasteiger partial charge in [0.2, 0.25) is 0 Å². The Kier molecular flexibility index (Phi) is 3.91. The molecule has 0 fully saturated rings. The van der Waals surface area contributed by atoms with E-state index in [1.54, 1.807) is 22.7 Å². The molecule has 0 radical (unpaired) electrons. The number of pyridine rings is 1. The zero-order chi connectivity index (χ0) is 17.3. The van der Waals surface area contributed by atoms with E-state index in [1.165, 1.54) is 18.2 Å². The first-order valence-electron chi connectivity index (χ1n) is 7.35. The third kappa shape index (κ3) is 2.67. The largest absolute Gasteiger partial charge is 0.507 e. The molecular formula is C17H15N3O4. The number of phenols is 1. The predicted octanol–water partition coefficient (Wildman–Crippen LogP) is 2.55. The third-order valence-electron chi connectivity index (χ3n) is 3.64. The Morgan fingerprint density at radius 2 is 2.04 bits per heavy atom. The lowest BCUT2D eigenvalue weighted by Gasteiger charge is -2.08. The fourth-order valence-corrected chi connectivity index (χ4v) is 2.51. The van der Waals surface area contributed by atoms with Crippen LogP contribution in [0.1, 0.15) is 33.5 Å². The lowest BCUT2D eigenvalue weighted by molar-refractivity contribution is 0.0693. The summed E-state index contributed by atoms with van der Waals surface area (Å²) >= 11 is 0. The zero-order valence-electron chi connectivity index (χ0n) is 12.9. The number of carboxylic acid groups (broad SMARTS) is 1. The lowest BCUT2D eigenvalue weighted by atomic mass is 10.1. The Bertz CT molecular complexity index is 946. The van der Waals surface area contributed by atoms with E-state index in [4.69, 9.17) is 5.11 Å². The number of nitrogens with zero attached hydrogens (tertiary/aromatic N) is 2. The molecule has 3 aromatic rings. The van der Waals surface area contributed by atoms with Gasteiger partial charge in [0, 0.05) is 11.9 Å². The summed E-state index contributed by atoms with van der Waals surface area (Å²) in [6.07, 6.45) is 2.33. The van der Waals surface area contributed by atoms with Crippen molar-refractivity contribution in [1.29, 1.82) is 0 Å². The summed E-state index contributed by atoms with van der Waals surface area (Å²) in [4.78, 5) is 28.2. The Labute approximate surface area is 137 Å². The highest BCUT2D eigenvalue weighted by molar-refractivity contribution is 6.05. The van der Waals surface area contributed by atoms with Crippen molar-refractivity contribution in [3.63, 3.8) is 0 Å². The lowest BCUT2D eigenvalue weighted by Crippen LogP contribution is -2.16. The molecule has 0 aliphatic rings. The van der Waals surface area contributed by atoms with Gasteiger partial charge in [-0.3, -0.25) is 9.20 Å². The van der Waals surface area contributed by atoms with Crippen LogP contribution in [-0.4, -0.2) is 31.5 Å². The number of amides is 1. The number of fused-ring (bicyclic) bond motifs is 1. The number of imidazole rings is 1. The maximum Gasteiger partial charge on any atom is 0.339 e. The average molecular weight is 325 g/mol. The number of anilines is 1. The molecule has 1 aromatic carbocycles. The normalized spacial score (nSPS) is 10.7. The summed E-state index contributed by atoms with van der Waals surface area (Å²) in [5, 5.41) is 21.2. The van der Waals surface area contributed by atoms with Crippen LogP contribution in [0, 0.1) is 0 Å². The van der Waals surface area contributed by atoms with Crippen LogP contribution in [0.4, 0.5) is 5.69 Å². The van der Waals surface area contributed by atoms with E-state index >= 15 is 0 Å². The van der Waals surface area contributed by atoms with Crippen LogP contribution in [0.25, 0.3) is 5.65 Å². The summed E-state index contributed by atoms with van der Waals surface area (Å²) in [6, 6.07) is 9.32. The summed E-state index contributed by atoms with van der Waals surface area (Å²) in [5.41, 5.74) is 1.72. The quantitative estimate of drug-likeness (QED) is 0.640. The highest BCUT2D eigenvalue weighted by Crippen LogP contribution is 2.22. The van der Waals surface area contributed by atoms with Gasteiger partial charge >= 0.3 is 5.97 Å². The highest BCUT2D eigenvalue weighted by Gasteiger charge is 2.19. The van der Waals surface area contributed by atoms with Crippen molar-refractivity contribution in [3.8, 4) is 5.75 Å². The Hall–Kier alpha value is -3.35. The van der Waals surface area contributed by atoms with Crippen molar-refractivity contribution >= 4 is 23.2 Å². The molecule has 7 nitrogen and oxygen atoms in total. The van der Waals surface area contributed by atoms with Gasteiger partial charge in [-0.1, -0.05) is 13.0 Å². The number of aromatic nitrogens is 2. The molecule has 122 valence electrons. The van der Waals surface area contributed by atoms with Gasteiger partial charge in [0.25, 0.3) is 5.91 Å². The maximum atomic E-state index is 12.7. The van der Waals surface area contributed by atoms with E-state index in [0.29, 0.717) is 23.5 Å². The SMILES string of the molecule is CCc1nc2ccccn2c1C(=O)Nc1ccc(O)c(C(=O)O)c1. The number of carbonyl (C=O) groups excluding carboxylic acids is 1. The number of rotatable bonds is 4. The van der Waals surface area contributed by atoms with Crippen LogP contribution in [0.5, 0.6) is 5.75 Å². The van der Waals surface area contributed by atoms with E-state index in [2.05, 4.69) is 10.3 Å². The molecule has 2 aromatic heterocycles. The van der Waals surface area contributed by atoms with Crippen LogP contribution >= 0.6 is 0 Å². The number of carboxylic acids is 1. The monoisotopic (exact) mass is 325 g/mol. The molecule has 2 heterocycles. The minimum atomic E-state index is -1.27. The minimum Gasteiger partial charge on any atom is -0.507 e. The van der Waals surface area contributed by atoms with Crippen LogP contribution in [0.3, 0.4) is 0 Å². The smallest absolute Gasteiger partial charge is 0.339 e. The van der Waals surface area contributed by atoms with Gasteiger partial charge < -0.3 is 15.5 Å². The molecule has 0 aliphatic carbocycles. The molecule has 3 N–H and O–H groups in total. The van der Waals surface area contributed by atoms with E-state index < -0.39 is 11.9 Å². The molecule has 0 unspecified atom stereocenters. The van der Waals surface area contributed by atoms with Gasteiger partial charge in [0.05, 0.1) is 5.69 Å². The van der Waals surface area contributed by atoms with Crippen LogP contribution in [-0.2, 0) is 6.42 Å². The van der Waals surface area contributed by atoms with Gasteiger partial charge in [0.1, 0.15) is 22.7 Å². The standard InChI is InChI=1S/C17H15N3O4/c1-2-12-15(20-8-4-3-5-14(20)19-12)16(22)18-10-6-7-13(21)11(9-10)17(23)24/h3-9,21H,2H2,1H3,(H,18,22)(H,23,24). The van der Waals surface area contributed by atoms with Crippen LogP contribution in [0.2, 0.25) is 0 Å². The van der Waals surface area contributed by atoms with E-state index in [1.807, 2.05) is 13.0 Å². The summed E-state index contributed by atoms with van der Waals surface area (Å²) < 4.78 is 1.69. The molecule has 1 amide bonds. The number of aryl methyl sites for hydroxylation is 1. The molecule has 0 saturated heterocycles. The van der Waals surface area contributed by atoms with Gasteiger partial charge in [-0.2, -0.15) is 0 Å². The van der Waals surface area contributed by atoms with Crippen molar-refractivity contribution in [3.05, 3.63) is 59.5 Å². The van der Waals surface area contributed by atoms with Crippen molar-refractivity contribution in [2.75, 3.05) is 5.32 Å². The molecule has 7 heteroatoms. The first-order chi connectivity index (χ1) is 11.5. The van der Waals surface area contributed by atoms with Crippen molar-refractivity contribution in [2.45, 2.75) is 13.3 Å². The highest BCUT2D eigenvalue weighted by atomic mass is 16.4. The van der Waals surface area contributed by atoms with Crippen molar-refractivity contribution in [1.82, 2.24) is 9.38 Å². The fraction of sp³-hybridized carbons (Fsp3) is 0.118. The number of carbonyl (C=O) groups is 2. The van der Waals surface area contributed by atoms with Crippen LogP contribution in [0.15, 0.2) is 42.6 Å². The first-order valence-corrected chi connectivity index (χ1v) is 7.35. The molecule has 0 aliphatic heterocycles. The van der Waals surface area contributed by atoms with E-state index in [9.17, 15) is 14.7 Å². The number of aromatic hydroxyl groups is 1. The Morgan fingerprint density at radius 1 is 1.25 bits per heavy atom. The van der Waals surface area contributed by atoms with Crippen molar-refractivity contribution < 1.29 is 19.8 Å².